The van der Waals surface area contributed by atoms with Crippen molar-refractivity contribution >= 4 is 24.0 Å². The van der Waals surface area contributed by atoms with Crippen molar-refractivity contribution in [1.29, 1.82) is 0 Å². The van der Waals surface area contributed by atoms with Crippen LogP contribution in [-0.4, -0.2) is 25.6 Å². The van der Waals surface area contributed by atoms with Gasteiger partial charge in [-0.1, -0.05) is 6.92 Å². The highest BCUT2D eigenvalue weighted by Gasteiger charge is 2.26. The third-order valence-electron chi connectivity index (χ3n) is 3.44. The van der Waals surface area contributed by atoms with Crippen LogP contribution in [-0.2, 0) is 11.2 Å². The fourth-order valence-electron chi connectivity index (χ4n) is 2.35. The van der Waals surface area contributed by atoms with E-state index >= 15 is 0 Å². The number of halogens is 3. The summed E-state index contributed by atoms with van der Waals surface area (Å²) in [4.78, 5) is 13.9. The zero-order valence-electron chi connectivity index (χ0n) is 11.7. The Morgan fingerprint density at radius 1 is 1.48 bits per heavy atom. The molecule has 1 aromatic rings. The van der Waals surface area contributed by atoms with Crippen LogP contribution in [0, 0.1) is 5.92 Å². The molecular weight excluding hydrogens is 302 g/mol. The maximum atomic E-state index is 12.2. The maximum Gasteiger partial charge on any atom is 0.387 e. The molecule has 0 bridgehead atoms. The number of hydrogen-bond acceptors (Lipinski definition) is 3. The first kappa shape index (κ1) is 17.7. The number of aryl methyl sites for hydroxylation is 1. The first-order valence-electron chi connectivity index (χ1n) is 6.62. The van der Waals surface area contributed by atoms with Crippen molar-refractivity contribution in [1.82, 2.24) is 0 Å². The predicted octanol–water partition coefficient (Wildman–Crippen LogP) is 2.58. The van der Waals surface area contributed by atoms with Crippen molar-refractivity contribution in [2.45, 2.75) is 26.4 Å². The lowest BCUT2D eigenvalue weighted by Gasteiger charge is -2.31. The molecule has 21 heavy (non-hydrogen) atoms. The first-order valence-corrected chi connectivity index (χ1v) is 6.62. The highest BCUT2D eigenvalue weighted by atomic mass is 35.5. The van der Waals surface area contributed by atoms with Crippen molar-refractivity contribution in [3.05, 3.63) is 23.8 Å². The molecule has 0 fully saturated rings. The number of hydrogen-bond donors (Lipinski definition) is 1. The number of fused-ring (bicyclic) bond motifs is 1. The van der Waals surface area contributed by atoms with Gasteiger partial charge in [0.1, 0.15) is 5.75 Å². The fraction of sp³-hybridized carbons (Fsp3) is 0.500. The minimum absolute atomic E-state index is 0. The number of nitrogens with two attached hydrogens (primary N) is 1. The molecule has 1 aliphatic heterocycles. The molecule has 7 heteroatoms. The third-order valence-corrected chi connectivity index (χ3v) is 3.44. The molecule has 1 atom stereocenters. The van der Waals surface area contributed by atoms with Crippen LogP contribution in [0.5, 0.6) is 5.75 Å². The van der Waals surface area contributed by atoms with Crippen molar-refractivity contribution in [3.63, 3.8) is 0 Å². The van der Waals surface area contributed by atoms with Crippen LogP contribution in [0.25, 0.3) is 0 Å². The number of nitrogens with zero attached hydrogens (tertiary/aromatic N) is 1. The first-order chi connectivity index (χ1) is 9.52. The summed E-state index contributed by atoms with van der Waals surface area (Å²) in [5, 5.41) is 0. The molecule has 0 aromatic heterocycles. The third kappa shape index (κ3) is 4.04. The molecule has 2 N–H and O–H groups in total. The van der Waals surface area contributed by atoms with Crippen LogP contribution >= 0.6 is 12.4 Å². The number of anilines is 1. The average molecular weight is 321 g/mol. The van der Waals surface area contributed by atoms with Gasteiger partial charge in [-0.15, -0.1) is 12.4 Å². The largest absolute Gasteiger partial charge is 0.435 e. The molecule has 1 aliphatic rings. The van der Waals surface area contributed by atoms with Crippen LogP contribution in [0.2, 0.25) is 0 Å². The molecule has 0 saturated heterocycles. The smallest absolute Gasteiger partial charge is 0.387 e. The number of carbonyl (C=O) groups is 1. The van der Waals surface area contributed by atoms with Gasteiger partial charge in [0.2, 0.25) is 5.91 Å². The van der Waals surface area contributed by atoms with E-state index < -0.39 is 6.61 Å². The predicted molar refractivity (Wildman–Crippen MR) is 79.2 cm³/mol. The van der Waals surface area contributed by atoms with Gasteiger partial charge in [-0.3, -0.25) is 4.79 Å². The standard InChI is InChI=1S/C14H18F2N2O2.ClH/c1-9(8-17)13(19)18-6-2-3-10-7-11(20-14(15)16)4-5-12(10)18;/h4-5,7,9,14H,2-3,6,8,17H2,1H3;1H. The average Bonchev–Trinajstić information content (AvgIpc) is 2.44. The maximum absolute atomic E-state index is 12.2. The second-order valence-electron chi connectivity index (χ2n) is 4.90. The van der Waals surface area contributed by atoms with Gasteiger partial charge < -0.3 is 15.4 Å². The molecule has 0 aliphatic carbocycles. The van der Waals surface area contributed by atoms with E-state index in [9.17, 15) is 13.6 Å². The Hall–Kier alpha value is -1.40. The zero-order valence-corrected chi connectivity index (χ0v) is 12.5. The van der Waals surface area contributed by atoms with Crippen molar-refractivity contribution in [2.75, 3.05) is 18.0 Å². The van der Waals surface area contributed by atoms with Crippen LogP contribution in [0.4, 0.5) is 14.5 Å². The quantitative estimate of drug-likeness (QED) is 0.927. The van der Waals surface area contributed by atoms with Crippen LogP contribution in [0.15, 0.2) is 18.2 Å². The summed E-state index contributed by atoms with van der Waals surface area (Å²) in [6.45, 7) is -0.139. The van der Waals surface area contributed by atoms with Crippen LogP contribution in [0.1, 0.15) is 18.9 Å². The van der Waals surface area contributed by atoms with Crippen LogP contribution < -0.4 is 15.4 Å². The Labute approximate surface area is 128 Å². The summed E-state index contributed by atoms with van der Waals surface area (Å²) in [6, 6.07) is 4.70. The number of benzene rings is 1. The molecule has 0 radical (unpaired) electrons. The minimum atomic E-state index is -2.84. The molecule has 0 saturated carbocycles. The van der Waals surface area contributed by atoms with Crippen molar-refractivity contribution < 1.29 is 18.3 Å². The van der Waals surface area contributed by atoms with E-state index in [4.69, 9.17) is 5.73 Å². The fourth-order valence-corrected chi connectivity index (χ4v) is 2.35. The number of carbonyl (C=O) groups excluding carboxylic acids is 1. The van der Waals surface area contributed by atoms with Crippen molar-refractivity contribution in [3.8, 4) is 5.75 Å². The van der Waals surface area contributed by atoms with Gasteiger partial charge in [-0.05, 0) is 36.6 Å². The molecule has 1 unspecified atom stereocenters. The SMILES string of the molecule is CC(CN)C(=O)N1CCCc2cc(OC(F)F)ccc21.Cl. The number of amides is 1. The zero-order chi connectivity index (χ0) is 14.7. The molecule has 2 rings (SSSR count). The molecule has 4 nitrogen and oxygen atoms in total. The lowest BCUT2D eigenvalue weighted by molar-refractivity contribution is -0.121. The monoisotopic (exact) mass is 320 g/mol. The van der Waals surface area contributed by atoms with E-state index in [1.54, 1.807) is 24.0 Å². The summed E-state index contributed by atoms with van der Waals surface area (Å²) in [5.41, 5.74) is 7.15. The van der Waals surface area contributed by atoms with Crippen LogP contribution in [0.3, 0.4) is 0 Å². The Morgan fingerprint density at radius 2 is 2.19 bits per heavy atom. The molecule has 0 spiro atoms. The summed E-state index contributed by atoms with van der Waals surface area (Å²) >= 11 is 0. The molecule has 118 valence electrons. The summed E-state index contributed by atoms with van der Waals surface area (Å²) in [5.74, 6) is -0.158. The topological polar surface area (TPSA) is 55.6 Å². The van der Waals surface area contributed by atoms with Gasteiger partial charge in [-0.2, -0.15) is 8.78 Å². The van der Waals surface area contributed by atoms with Gasteiger partial charge in [-0.25, -0.2) is 0 Å². The van der Waals surface area contributed by atoms with E-state index in [0.717, 1.165) is 24.1 Å². The van der Waals surface area contributed by atoms with E-state index in [0.29, 0.717) is 6.54 Å². The second kappa shape index (κ2) is 7.56. The molecule has 1 heterocycles. The van der Waals surface area contributed by atoms with Gasteiger partial charge in [0.15, 0.2) is 0 Å². The highest BCUT2D eigenvalue weighted by molar-refractivity contribution is 5.96. The Balaban J connectivity index is 0.00000220. The Bertz CT molecular complexity index is 500. The molecule has 1 amide bonds. The summed E-state index contributed by atoms with van der Waals surface area (Å²) in [6.07, 6.45) is 1.55. The second-order valence-corrected chi connectivity index (χ2v) is 4.90. The van der Waals surface area contributed by atoms with E-state index in [1.807, 2.05) is 0 Å². The minimum Gasteiger partial charge on any atom is -0.435 e. The summed E-state index contributed by atoms with van der Waals surface area (Å²) in [7, 11) is 0. The molecular formula is C14H19ClF2N2O2. The van der Waals surface area contributed by atoms with Gasteiger partial charge in [0.25, 0.3) is 0 Å². The summed E-state index contributed by atoms with van der Waals surface area (Å²) < 4.78 is 28.8. The number of alkyl halides is 2. The number of rotatable bonds is 4. The van der Waals surface area contributed by atoms with Gasteiger partial charge in [0, 0.05) is 24.7 Å². The lowest BCUT2D eigenvalue weighted by atomic mass is 9.99. The van der Waals surface area contributed by atoms with E-state index in [2.05, 4.69) is 4.74 Å². The lowest BCUT2D eigenvalue weighted by Crippen LogP contribution is -2.41. The normalized spacial score (nSPS) is 15.2. The molecule has 1 aromatic carbocycles. The van der Waals surface area contributed by atoms with E-state index in [-0.39, 0.29) is 36.5 Å². The van der Waals surface area contributed by atoms with Crippen molar-refractivity contribution in [2.24, 2.45) is 11.7 Å². The Morgan fingerprint density at radius 3 is 2.81 bits per heavy atom. The van der Waals surface area contributed by atoms with Gasteiger partial charge >= 0.3 is 6.61 Å². The van der Waals surface area contributed by atoms with Gasteiger partial charge in [0.05, 0.1) is 0 Å². The highest BCUT2D eigenvalue weighted by Crippen LogP contribution is 2.31. The Kier molecular flexibility index (Phi) is 6.36. The van der Waals surface area contributed by atoms with E-state index in [1.165, 1.54) is 6.07 Å². The number of ether oxygens (including phenoxy) is 1.